The van der Waals surface area contributed by atoms with Crippen molar-refractivity contribution in [1.82, 2.24) is 5.32 Å². The maximum absolute atomic E-state index is 13.3. The third kappa shape index (κ3) is 3.68. The average molecular weight is 315 g/mol. The van der Waals surface area contributed by atoms with Gasteiger partial charge in [-0.25, -0.2) is 4.39 Å². The van der Waals surface area contributed by atoms with Crippen LogP contribution in [-0.4, -0.2) is 30.8 Å². The van der Waals surface area contributed by atoms with Crippen molar-refractivity contribution in [3.63, 3.8) is 0 Å². The van der Waals surface area contributed by atoms with Crippen molar-refractivity contribution >= 4 is 5.91 Å². The van der Waals surface area contributed by atoms with Crippen molar-refractivity contribution in [3.05, 3.63) is 53.8 Å². The smallest absolute Gasteiger partial charge is 0.251 e. The minimum Gasteiger partial charge on any atom is -0.507 e. The van der Waals surface area contributed by atoms with Gasteiger partial charge in [-0.1, -0.05) is 12.1 Å². The first-order valence-corrected chi connectivity index (χ1v) is 7.58. The molecule has 5 heteroatoms. The second-order valence-electron chi connectivity index (χ2n) is 5.68. The van der Waals surface area contributed by atoms with Crippen LogP contribution in [0.15, 0.2) is 42.5 Å². The van der Waals surface area contributed by atoms with Crippen molar-refractivity contribution in [2.75, 3.05) is 19.8 Å². The summed E-state index contributed by atoms with van der Waals surface area (Å²) in [5, 5.41) is 12.7. The van der Waals surface area contributed by atoms with Crippen molar-refractivity contribution in [2.45, 2.75) is 6.42 Å². The fourth-order valence-electron chi connectivity index (χ4n) is 2.62. The summed E-state index contributed by atoms with van der Waals surface area (Å²) in [6.07, 6.45) is 0.970. The Kier molecular flexibility index (Phi) is 4.57. The van der Waals surface area contributed by atoms with E-state index in [9.17, 15) is 14.3 Å². The molecule has 0 aromatic heterocycles. The molecule has 1 fully saturated rings. The molecule has 0 radical (unpaired) electrons. The van der Waals surface area contributed by atoms with Gasteiger partial charge in [-0.15, -0.1) is 0 Å². The molecular weight excluding hydrogens is 297 g/mol. The normalized spacial score (nSPS) is 17.2. The lowest BCUT2D eigenvalue weighted by molar-refractivity contribution is 0.0945. The Labute approximate surface area is 133 Å². The summed E-state index contributed by atoms with van der Waals surface area (Å²) in [5.41, 5.74) is 1.59. The number of rotatable bonds is 4. The number of ether oxygens (including phenoxy) is 1. The second kappa shape index (κ2) is 6.79. The van der Waals surface area contributed by atoms with Crippen molar-refractivity contribution < 1.29 is 19.0 Å². The molecule has 0 aliphatic carbocycles. The van der Waals surface area contributed by atoms with Gasteiger partial charge >= 0.3 is 0 Å². The maximum atomic E-state index is 13.3. The van der Waals surface area contributed by atoms with E-state index in [-0.39, 0.29) is 11.7 Å². The van der Waals surface area contributed by atoms with E-state index in [0.717, 1.165) is 13.0 Å². The van der Waals surface area contributed by atoms with E-state index >= 15 is 0 Å². The van der Waals surface area contributed by atoms with E-state index in [2.05, 4.69) is 5.32 Å². The van der Waals surface area contributed by atoms with Gasteiger partial charge in [0.25, 0.3) is 5.91 Å². The van der Waals surface area contributed by atoms with Gasteiger partial charge in [-0.3, -0.25) is 4.79 Å². The molecular formula is C18H18FNO3. The second-order valence-corrected chi connectivity index (χ2v) is 5.68. The minimum absolute atomic E-state index is 0.00448. The Morgan fingerprint density at radius 3 is 2.74 bits per heavy atom. The summed E-state index contributed by atoms with van der Waals surface area (Å²) >= 11 is 0. The van der Waals surface area contributed by atoms with Gasteiger partial charge in [-0.05, 0) is 42.3 Å². The van der Waals surface area contributed by atoms with E-state index in [1.807, 2.05) is 0 Å². The number of phenolic OH excluding ortho intramolecular Hbond substituents is 1. The third-order valence-corrected chi connectivity index (χ3v) is 3.99. The molecule has 0 unspecified atom stereocenters. The van der Waals surface area contributed by atoms with E-state index in [4.69, 9.17) is 4.74 Å². The van der Waals surface area contributed by atoms with Gasteiger partial charge in [0, 0.05) is 30.2 Å². The first kappa shape index (κ1) is 15.5. The summed E-state index contributed by atoms with van der Waals surface area (Å²) in [7, 11) is 0. The molecule has 1 amide bonds. The first-order valence-electron chi connectivity index (χ1n) is 7.58. The van der Waals surface area contributed by atoms with Crippen LogP contribution in [0, 0.1) is 11.7 Å². The number of aromatic hydroxyl groups is 1. The van der Waals surface area contributed by atoms with Gasteiger partial charge in [0.15, 0.2) is 0 Å². The Morgan fingerprint density at radius 2 is 2.04 bits per heavy atom. The lowest BCUT2D eigenvalue weighted by Gasteiger charge is -2.10. The third-order valence-electron chi connectivity index (χ3n) is 3.99. The van der Waals surface area contributed by atoms with Gasteiger partial charge in [-0.2, -0.15) is 0 Å². The summed E-state index contributed by atoms with van der Waals surface area (Å²) < 4.78 is 18.6. The summed E-state index contributed by atoms with van der Waals surface area (Å²) in [4.78, 5) is 12.1. The fourth-order valence-corrected chi connectivity index (χ4v) is 2.62. The molecule has 2 aromatic carbocycles. The van der Waals surface area contributed by atoms with E-state index < -0.39 is 5.82 Å². The quantitative estimate of drug-likeness (QED) is 0.912. The van der Waals surface area contributed by atoms with Gasteiger partial charge in [0.1, 0.15) is 11.6 Å². The summed E-state index contributed by atoms with van der Waals surface area (Å²) in [6.45, 7) is 2.05. The highest BCUT2D eigenvalue weighted by atomic mass is 19.1. The highest BCUT2D eigenvalue weighted by molar-refractivity contribution is 5.94. The van der Waals surface area contributed by atoms with Crippen LogP contribution in [0.2, 0.25) is 0 Å². The van der Waals surface area contributed by atoms with Crippen molar-refractivity contribution in [1.29, 1.82) is 0 Å². The lowest BCUT2D eigenvalue weighted by atomic mass is 10.0. The molecule has 4 nitrogen and oxygen atoms in total. The molecule has 1 aliphatic heterocycles. The SMILES string of the molecule is O=C(NC[C@@H]1CCOC1)c1ccc(-c2cc(F)ccc2O)cc1. The largest absolute Gasteiger partial charge is 0.507 e. The highest BCUT2D eigenvalue weighted by Gasteiger charge is 2.17. The van der Waals surface area contributed by atoms with E-state index in [0.29, 0.717) is 35.8 Å². The van der Waals surface area contributed by atoms with E-state index in [1.165, 1.54) is 18.2 Å². The Hall–Kier alpha value is -2.40. The Bertz CT molecular complexity index is 694. The minimum atomic E-state index is -0.418. The number of hydrogen-bond acceptors (Lipinski definition) is 3. The summed E-state index contributed by atoms with van der Waals surface area (Å²) in [6, 6.07) is 10.5. The first-order chi connectivity index (χ1) is 11.1. The molecule has 2 N–H and O–H groups in total. The molecule has 0 spiro atoms. The van der Waals surface area contributed by atoms with E-state index in [1.54, 1.807) is 24.3 Å². The van der Waals surface area contributed by atoms with Crippen LogP contribution in [0.1, 0.15) is 16.8 Å². The Balaban J connectivity index is 1.68. The zero-order valence-corrected chi connectivity index (χ0v) is 12.6. The predicted molar refractivity (Wildman–Crippen MR) is 84.8 cm³/mol. The zero-order chi connectivity index (χ0) is 16.2. The van der Waals surface area contributed by atoms with Crippen LogP contribution in [0.25, 0.3) is 11.1 Å². The molecule has 0 bridgehead atoms. The average Bonchev–Trinajstić information content (AvgIpc) is 3.08. The molecule has 2 aromatic rings. The number of benzene rings is 2. The molecule has 120 valence electrons. The topological polar surface area (TPSA) is 58.6 Å². The number of halogens is 1. The molecule has 1 aliphatic rings. The van der Waals surface area contributed by atoms with Crippen LogP contribution in [0.5, 0.6) is 5.75 Å². The lowest BCUT2D eigenvalue weighted by Crippen LogP contribution is -2.29. The molecule has 0 saturated carbocycles. The number of hydrogen-bond donors (Lipinski definition) is 2. The van der Waals surface area contributed by atoms with Crippen LogP contribution in [0.3, 0.4) is 0 Å². The van der Waals surface area contributed by atoms with Crippen LogP contribution < -0.4 is 5.32 Å². The molecule has 1 atom stereocenters. The number of phenols is 1. The summed E-state index contributed by atoms with van der Waals surface area (Å²) in [5.74, 6) is -0.183. The number of amides is 1. The van der Waals surface area contributed by atoms with Gasteiger partial charge in [0.05, 0.1) is 6.61 Å². The maximum Gasteiger partial charge on any atom is 0.251 e. The molecule has 1 heterocycles. The standard InChI is InChI=1S/C18H18FNO3/c19-15-5-6-17(21)16(9-15)13-1-3-14(4-2-13)18(22)20-10-12-7-8-23-11-12/h1-6,9,12,21H,7-8,10-11H2,(H,20,22)/t12-/m0/s1. The van der Waals surface area contributed by atoms with Crippen molar-refractivity contribution in [2.24, 2.45) is 5.92 Å². The number of carbonyl (C=O) groups is 1. The fraction of sp³-hybridized carbons (Fsp3) is 0.278. The number of carbonyl (C=O) groups excluding carboxylic acids is 1. The molecule has 23 heavy (non-hydrogen) atoms. The monoisotopic (exact) mass is 315 g/mol. The van der Waals surface area contributed by atoms with Crippen LogP contribution in [-0.2, 0) is 4.74 Å². The van der Waals surface area contributed by atoms with Crippen LogP contribution >= 0.6 is 0 Å². The highest BCUT2D eigenvalue weighted by Crippen LogP contribution is 2.29. The Morgan fingerprint density at radius 1 is 1.26 bits per heavy atom. The van der Waals surface area contributed by atoms with Crippen LogP contribution in [0.4, 0.5) is 4.39 Å². The van der Waals surface area contributed by atoms with Gasteiger partial charge < -0.3 is 15.2 Å². The van der Waals surface area contributed by atoms with Gasteiger partial charge in [0.2, 0.25) is 0 Å². The molecule has 3 rings (SSSR count). The van der Waals surface area contributed by atoms with Crippen molar-refractivity contribution in [3.8, 4) is 16.9 Å². The molecule has 1 saturated heterocycles. The zero-order valence-electron chi connectivity index (χ0n) is 12.6. The number of nitrogens with one attached hydrogen (secondary N) is 1. The predicted octanol–water partition coefficient (Wildman–Crippen LogP) is 2.96.